The molecule has 0 atom stereocenters. The Morgan fingerprint density at radius 1 is 1.67 bits per heavy atom. The van der Waals surface area contributed by atoms with Gasteiger partial charge in [-0.25, -0.2) is 5.16 Å². The third kappa shape index (κ3) is 5.55. The molecule has 0 saturated heterocycles. The Morgan fingerprint density at radius 3 is 2.78 bits per heavy atom. The van der Waals surface area contributed by atoms with Crippen LogP contribution in [0.1, 0.15) is 6.92 Å². The van der Waals surface area contributed by atoms with Crippen LogP contribution in [0.15, 0.2) is 21.8 Å². The van der Waals surface area contributed by atoms with E-state index < -0.39 is 0 Å². The summed E-state index contributed by atoms with van der Waals surface area (Å²) in [5.41, 5.74) is 1.05. The molecule has 0 radical (unpaired) electrons. The molecular weight excluding hydrogens is 229 g/mol. The van der Waals surface area contributed by atoms with Gasteiger partial charge in [0.1, 0.15) is 0 Å². The third-order valence-electron chi connectivity index (χ3n) is 0.740. The van der Waals surface area contributed by atoms with E-state index in [1.807, 2.05) is 17.1 Å². The molecule has 0 spiro atoms. The van der Waals surface area contributed by atoms with E-state index in [1.165, 1.54) is 6.21 Å². The second-order valence-electron chi connectivity index (χ2n) is 1.49. The Labute approximate surface area is 68.1 Å². The summed E-state index contributed by atoms with van der Waals surface area (Å²) in [4.78, 5) is 0. The number of rotatable bonds is 2. The summed E-state index contributed by atoms with van der Waals surface area (Å²) in [5.74, 6) is 0. The van der Waals surface area contributed by atoms with Crippen LogP contribution in [-0.2, 0) is 0 Å². The molecule has 0 aliphatic carbocycles. The van der Waals surface area contributed by atoms with Gasteiger partial charge in [0.2, 0.25) is 0 Å². The first-order valence-corrected chi connectivity index (χ1v) is 3.70. The van der Waals surface area contributed by atoms with Crippen LogP contribution in [0.4, 0.5) is 0 Å². The minimum atomic E-state index is 1.05. The smallest absolute Gasteiger partial charge is 0.172 e. The van der Waals surface area contributed by atoms with Crippen molar-refractivity contribution in [2.45, 2.75) is 6.92 Å². The summed E-state index contributed by atoms with van der Waals surface area (Å²) < 4.78 is 1.89. The van der Waals surface area contributed by atoms with Crippen LogP contribution in [0.5, 0.6) is 0 Å². The predicted octanol–water partition coefficient (Wildman–Crippen LogP) is 0.531. The standard InChI is InChI=1S/C6H8INO/c1-6(2-4-7)3-5-8-9/h2-5,8H,1H3/b4-2-,6-3-,8-5+. The molecule has 0 rings (SSSR count). The normalized spacial score (nSPS) is 13.8. The van der Waals surface area contributed by atoms with E-state index in [0.717, 1.165) is 5.57 Å². The van der Waals surface area contributed by atoms with E-state index in [2.05, 4.69) is 22.6 Å². The van der Waals surface area contributed by atoms with E-state index in [0.29, 0.717) is 0 Å². The number of hydrogen-bond acceptors (Lipinski definition) is 1. The first-order valence-electron chi connectivity index (χ1n) is 2.46. The summed E-state index contributed by atoms with van der Waals surface area (Å²) in [7, 11) is 0. The topological polar surface area (TPSA) is 37.0 Å². The number of nitrogens with one attached hydrogen (secondary N) is 1. The van der Waals surface area contributed by atoms with Crippen molar-refractivity contribution >= 4 is 28.8 Å². The van der Waals surface area contributed by atoms with Gasteiger partial charge in [-0.2, -0.15) is 0 Å². The Hall–Kier alpha value is -0.320. The maximum atomic E-state index is 9.66. The number of allylic oxidation sites excluding steroid dienone is 3. The summed E-state index contributed by atoms with van der Waals surface area (Å²) in [5, 5.41) is 11.3. The quantitative estimate of drug-likeness (QED) is 0.246. The monoisotopic (exact) mass is 237 g/mol. The molecule has 0 heterocycles. The fourth-order valence-corrected chi connectivity index (χ4v) is 0.888. The molecule has 2 nitrogen and oxygen atoms in total. The highest BCUT2D eigenvalue weighted by molar-refractivity contribution is 14.1. The van der Waals surface area contributed by atoms with Crippen molar-refractivity contribution in [3.8, 4) is 0 Å². The molecule has 1 N–H and O–H groups in total. The highest BCUT2D eigenvalue weighted by Crippen LogP contribution is 1.94. The summed E-state index contributed by atoms with van der Waals surface area (Å²) in [6.07, 6.45) is 4.97. The highest BCUT2D eigenvalue weighted by atomic mass is 127. The van der Waals surface area contributed by atoms with Crippen LogP contribution >= 0.6 is 22.6 Å². The zero-order valence-electron chi connectivity index (χ0n) is 5.10. The molecule has 0 amide bonds. The fraction of sp³-hybridized carbons (Fsp3) is 0.167. The lowest BCUT2D eigenvalue weighted by atomic mass is 10.3. The SMILES string of the molecule is CC(/C=C\I)=C/C=[NH+]/[O-]. The number of hydrogen-bond donors (Lipinski definition) is 1. The largest absolute Gasteiger partial charge is 0.625 e. The van der Waals surface area contributed by atoms with Crippen LogP contribution in [0.3, 0.4) is 0 Å². The summed E-state index contributed by atoms with van der Waals surface area (Å²) >= 11 is 2.12. The fourth-order valence-electron chi connectivity index (χ4n) is 0.320. The maximum absolute atomic E-state index is 9.66. The maximum Gasteiger partial charge on any atom is 0.172 e. The molecule has 0 saturated carbocycles. The Bertz CT molecular complexity index is 149. The summed E-state index contributed by atoms with van der Waals surface area (Å²) in [6.45, 7) is 1.92. The van der Waals surface area contributed by atoms with Gasteiger partial charge in [-0.05, 0) is 16.6 Å². The van der Waals surface area contributed by atoms with Gasteiger partial charge >= 0.3 is 0 Å². The average Bonchev–Trinajstić information content (AvgIpc) is 1.85. The molecule has 0 aliphatic rings. The van der Waals surface area contributed by atoms with Crippen molar-refractivity contribution in [3.63, 3.8) is 0 Å². The van der Waals surface area contributed by atoms with Gasteiger partial charge in [-0.3, -0.25) is 0 Å². The lowest BCUT2D eigenvalue weighted by molar-refractivity contribution is -0.366. The lowest BCUT2D eigenvalue weighted by Crippen LogP contribution is -2.59. The molecule has 0 aromatic rings. The molecule has 0 unspecified atom stereocenters. The van der Waals surface area contributed by atoms with E-state index in [-0.39, 0.29) is 0 Å². The summed E-state index contributed by atoms with van der Waals surface area (Å²) in [6, 6.07) is 0. The van der Waals surface area contributed by atoms with E-state index >= 15 is 0 Å². The molecule has 0 aromatic heterocycles. The minimum Gasteiger partial charge on any atom is -0.625 e. The van der Waals surface area contributed by atoms with Crippen LogP contribution in [0.2, 0.25) is 0 Å². The van der Waals surface area contributed by atoms with Crippen molar-refractivity contribution < 1.29 is 5.16 Å². The average molecular weight is 237 g/mol. The van der Waals surface area contributed by atoms with Gasteiger partial charge in [0.25, 0.3) is 0 Å². The molecule has 0 bridgehead atoms. The number of halogens is 1. The molecule has 0 aromatic carbocycles. The van der Waals surface area contributed by atoms with Crippen molar-refractivity contribution in [2.24, 2.45) is 0 Å². The van der Waals surface area contributed by atoms with Crippen LogP contribution < -0.4 is 5.16 Å². The third-order valence-corrected chi connectivity index (χ3v) is 1.10. The predicted molar refractivity (Wildman–Crippen MR) is 47.3 cm³/mol. The minimum absolute atomic E-state index is 1.05. The first kappa shape index (κ1) is 8.68. The van der Waals surface area contributed by atoms with Crippen molar-refractivity contribution in [2.75, 3.05) is 0 Å². The van der Waals surface area contributed by atoms with Crippen molar-refractivity contribution in [3.05, 3.63) is 27.0 Å². The van der Waals surface area contributed by atoms with Gasteiger partial charge in [0.05, 0.1) is 0 Å². The zero-order valence-corrected chi connectivity index (χ0v) is 7.25. The van der Waals surface area contributed by atoms with Crippen LogP contribution in [0, 0.1) is 5.21 Å². The Morgan fingerprint density at radius 2 is 2.33 bits per heavy atom. The molecule has 50 valence electrons. The lowest BCUT2D eigenvalue weighted by Gasteiger charge is -1.81. The second-order valence-corrected chi connectivity index (χ2v) is 2.21. The van der Waals surface area contributed by atoms with Gasteiger partial charge < -0.3 is 5.21 Å². The van der Waals surface area contributed by atoms with E-state index in [1.54, 1.807) is 11.2 Å². The van der Waals surface area contributed by atoms with Gasteiger partial charge in [0.15, 0.2) is 6.21 Å². The highest BCUT2D eigenvalue weighted by Gasteiger charge is 1.76. The van der Waals surface area contributed by atoms with Crippen LogP contribution in [0.25, 0.3) is 0 Å². The molecule has 0 fully saturated rings. The van der Waals surface area contributed by atoms with E-state index in [4.69, 9.17) is 0 Å². The van der Waals surface area contributed by atoms with Gasteiger partial charge in [0, 0.05) is 6.08 Å². The van der Waals surface area contributed by atoms with E-state index in [9.17, 15) is 5.21 Å². The molecule has 3 heteroatoms. The Balaban J connectivity index is 3.84. The second kappa shape index (κ2) is 5.81. The molecular formula is C6H8INO. The molecule has 0 aliphatic heterocycles. The van der Waals surface area contributed by atoms with Crippen molar-refractivity contribution in [1.82, 2.24) is 0 Å². The zero-order chi connectivity index (χ0) is 7.11. The Kier molecular flexibility index (Phi) is 5.60. The van der Waals surface area contributed by atoms with Gasteiger partial charge in [-0.15, -0.1) is 0 Å². The van der Waals surface area contributed by atoms with Crippen LogP contribution in [-0.4, -0.2) is 6.21 Å². The molecule has 9 heavy (non-hydrogen) atoms. The van der Waals surface area contributed by atoms with Crippen molar-refractivity contribution in [1.29, 1.82) is 0 Å². The first-order chi connectivity index (χ1) is 4.31. The van der Waals surface area contributed by atoms with Gasteiger partial charge in [-0.1, -0.05) is 28.7 Å².